The third kappa shape index (κ3) is 4.44. The van der Waals surface area contributed by atoms with Crippen LogP contribution in [0.25, 0.3) is 0 Å². The summed E-state index contributed by atoms with van der Waals surface area (Å²) >= 11 is 29.0. The van der Waals surface area contributed by atoms with Crippen LogP contribution in [0.2, 0.25) is 10.0 Å². The zero-order valence-electron chi connectivity index (χ0n) is 10.5. The summed E-state index contributed by atoms with van der Waals surface area (Å²) in [5.41, 5.74) is 0. The van der Waals surface area contributed by atoms with Gasteiger partial charge in [0.15, 0.2) is 12.8 Å². The molecule has 0 N–H and O–H groups in total. The number of hydrogen-bond acceptors (Lipinski definition) is 3. The van der Waals surface area contributed by atoms with Crippen molar-refractivity contribution in [2.75, 3.05) is 19.8 Å². The molecule has 1 amide bonds. The van der Waals surface area contributed by atoms with Gasteiger partial charge in [0.05, 0.1) is 11.6 Å². The maximum absolute atomic E-state index is 12.1. The predicted molar refractivity (Wildman–Crippen MR) is 83.7 cm³/mol. The van der Waals surface area contributed by atoms with Gasteiger partial charge in [0.2, 0.25) is 3.79 Å². The first-order chi connectivity index (χ1) is 9.79. The molecular weight excluding hydrogens is 383 g/mol. The van der Waals surface area contributed by atoms with Gasteiger partial charge in [-0.2, -0.15) is 0 Å². The number of halogens is 5. The van der Waals surface area contributed by atoms with Gasteiger partial charge >= 0.3 is 0 Å². The van der Waals surface area contributed by atoms with Gasteiger partial charge in [0, 0.05) is 11.6 Å². The lowest BCUT2D eigenvalue weighted by Gasteiger charge is -2.28. The Morgan fingerprint density at radius 1 is 1.38 bits per heavy atom. The molecule has 0 aliphatic carbocycles. The maximum atomic E-state index is 12.1. The van der Waals surface area contributed by atoms with Gasteiger partial charge in [-0.15, -0.1) is 0 Å². The van der Waals surface area contributed by atoms with E-state index in [1.807, 2.05) is 0 Å². The van der Waals surface area contributed by atoms with E-state index in [1.54, 1.807) is 12.1 Å². The second-order valence-electron chi connectivity index (χ2n) is 4.22. The van der Waals surface area contributed by atoms with Gasteiger partial charge in [-0.3, -0.25) is 4.79 Å². The summed E-state index contributed by atoms with van der Waals surface area (Å²) in [5.74, 6) is -0.0187. The Bertz CT molecular complexity index is 534. The van der Waals surface area contributed by atoms with Crippen molar-refractivity contribution >= 4 is 63.9 Å². The van der Waals surface area contributed by atoms with Crippen LogP contribution in [0.3, 0.4) is 0 Å². The lowest BCUT2D eigenvalue weighted by molar-refractivity contribution is -0.138. The van der Waals surface area contributed by atoms with Gasteiger partial charge < -0.3 is 14.4 Å². The van der Waals surface area contributed by atoms with Gasteiger partial charge in [-0.1, -0.05) is 58.0 Å². The predicted octanol–water partition coefficient (Wildman–Crippen LogP) is 3.93. The first-order valence-electron chi connectivity index (χ1n) is 5.84. The Morgan fingerprint density at radius 2 is 2.10 bits per heavy atom. The highest BCUT2D eigenvalue weighted by molar-refractivity contribution is 6.68. The molecular formula is C12H10Cl5NO3. The molecule has 1 atom stereocenters. The van der Waals surface area contributed by atoms with E-state index in [0.29, 0.717) is 28.9 Å². The molecule has 21 heavy (non-hydrogen) atoms. The zero-order chi connectivity index (χ0) is 15.6. The van der Waals surface area contributed by atoms with Gasteiger partial charge in [-0.25, -0.2) is 0 Å². The Kier molecular flexibility index (Phi) is 5.74. The molecule has 0 bridgehead atoms. The number of benzene rings is 1. The quantitative estimate of drug-likeness (QED) is 0.731. The second-order valence-corrected chi connectivity index (χ2v) is 7.43. The lowest BCUT2D eigenvalue weighted by atomic mass is 10.3. The van der Waals surface area contributed by atoms with Crippen molar-refractivity contribution in [3.63, 3.8) is 0 Å². The Labute approximate surface area is 146 Å². The molecule has 2 rings (SSSR count). The number of ether oxygens (including phenoxy) is 2. The minimum absolute atomic E-state index is 0.248. The smallest absolute Gasteiger partial charge is 0.262 e. The summed E-state index contributed by atoms with van der Waals surface area (Å²) in [5, 5.41) is 0.786. The van der Waals surface area contributed by atoms with Gasteiger partial charge in [-0.05, 0) is 18.2 Å². The van der Waals surface area contributed by atoms with E-state index in [1.165, 1.54) is 11.0 Å². The highest BCUT2D eigenvalue weighted by Crippen LogP contribution is 2.36. The third-order valence-electron chi connectivity index (χ3n) is 2.74. The van der Waals surface area contributed by atoms with Crippen LogP contribution < -0.4 is 4.74 Å². The molecule has 1 unspecified atom stereocenters. The number of rotatable bonds is 3. The SMILES string of the molecule is O=C(COc1ccc(Cl)cc1Cl)N1CCOC1C(Cl)(Cl)Cl. The van der Waals surface area contributed by atoms with Crippen LogP contribution in [0, 0.1) is 0 Å². The number of nitrogens with zero attached hydrogens (tertiary/aromatic N) is 1. The van der Waals surface area contributed by atoms with E-state index in [-0.39, 0.29) is 12.5 Å². The van der Waals surface area contributed by atoms with E-state index in [4.69, 9.17) is 67.5 Å². The number of hydrogen-bond donors (Lipinski definition) is 0. The molecule has 1 saturated heterocycles. The topological polar surface area (TPSA) is 38.8 Å². The fourth-order valence-electron chi connectivity index (χ4n) is 1.81. The Hall–Kier alpha value is -0.100. The van der Waals surface area contributed by atoms with Crippen molar-refractivity contribution in [3.8, 4) is 5.75 Å². The average molecular weight is 393 g/mol. The average Bonchev–Trinajstić information content (AvgIpc) is 2.86. The van der Waals surface area contributed by atoms with Crippen molar-refractivity contribution in [1.29, 1.82) is 0 Å². The van der Waals surface area contributed by atoms with Crippen molar-refractivity contribution in [1.82, 2.24) is 4.90 Å². The van der Waals surface area contributed by atoms with Gasteiger partial charge in [0.1, 0.15) is 5.75 Å². The van der Waals surface area contributed by atoms with Crippen LogP contribution in [-0.4, -0.2) is 40.6 Å². The van der Waals surface area contributed by atoms with E-state index in [2.05, 4.69) is 0 Å². The molecule has 1 aromatic rings. The van der Waals surface area contributed by atoms with E-state index in [0.717, 1.165) is 0 Å². The molecule has 0 aromatic heterocycles. The van der Waals surface area contributed by atoms with E-state index >= 15 is 0 Å². The first-order valence-corrected chi connectivity index (χ1v) is 7.73. The molecule has 1 aliphatic rings. The van der Waals surface area contributed by atoms with Crippen molar-refractivity contribution < 1.29 is 14.3 Å². The van der Waals surface area contributed by atoms with Crippen LogP contribution in [-0.2, 0) is 9.53 Å². The zero-order valence-corrected chi connectivity index (χ0v) is 14.3. The van der Waals surface area contributed by atoms with Crippen LogP contribution in [0.5, 0.6) is 5.75 Å². The van der Waals surface area contributed by atoms with Crippen LogP contribution in [0.1, 0.15) is 0 Å². The molecule has 116 valence electrons. The number of carbonyl (C=O) groups excluding carboxylic acids is 1. The monoisotopic (exact) mass is 391 g/mol. The number of amides is 1. The fraction of sp³-hybridized carbons (Fsp3) is 0.417. The number of carbonyl (C=O) groups is 1. The molecule has 1 fully saturated rings. The molecule has 1 heterocycles. The molecule has 0 spiro atoms. The largest absolute Gasteiger partial charge is 0.482 e. The van der Waals surface area contributed by atoms with Crippen molar-refractivity contribution in [3.05, 3.63) is 28.2 Å². The first kappa shape index (κ1) is 17.3. The standard InChI is InChI=1S/C12H10Cl5NO3/c13-7-1-2-9(8(14)5-7)21-6-10(19)18-3-4-20-11(18)12(15,16)17/h1-2,5,11H,3-4,6H2. The summed E-state index contributed by atoms with van der Waals surface area (Å²) in [4.78, 5) is 13.4. The summed E-state index contributed by atoms with van der Waals surface area (Å²) < 4.78 is 8.90. The lowest BCUT2D eigenvalue weighted by Crippen LogP contribution is -2.45. The normalized spacial score (nSPS) is 18.9. The number of alkyl halides is 3. The summed E-state index contributed by atoms with van der Waals surface area (Å²) in [6.45, 7) is 0.378. The Balaban J connectivity index is 1.98. The van der Waals surface area contributed by atoms with Crippen LogP contribution in [0.15, 0.2) is 18.2 Å². The van der Waals surface area contributed by atoms with E-state index < -0.39 is 10.0 Å². The summed E-state index contributed by atoms with van der Waals surface area (Å²) in [6.07, 6.45) is -0.931. The third-order valence-corrected chi connectivity index (χ3v) is 3.83. The maximum Gasteiger partial charge on any atom is 0.262 e. The van der Waals surface area contributed by atoms with E-state index in [9.17, 15) is 4.79 Å². The van der Waals surface area contributed by atoms with Crippen LogP contribution in [0.4, 0.5) is 0 Å². The molecule has 9 heteroatoms. The highest BCUT2D eigenvalue weighted by atomic mass is 35.6. The summed E-state index contributed by atoms with van der Waals surface area (Å²) in [7, 11) is 0. The fourth-order valence-corrected chi connectivity index (χ4v) is 2.82. The summed E-state index contributed by atoms with van der Waals surface area (Å²) in [6, 6.07) is 4.70. The Morgan fingerprint density at radius 3 is 2.71 bits per heavy atom. The van der Waals surface area contributed by atoms with Crippen molar-refractivity contribution in [2.24, 2.45) is 0 Å². The highest BCUT2D eigenvalue weighted by Gasteiger charge is 2.43. The van der Waals surface area contributed by atoms with Gasteiger partial charge in [0.25, 0.3) is 5.91 Å². The molecule has 0 radical (unpaired) electrons. The molecule has 1 aromatic carbocycles. The second kappa shape index (κ2) is 6.99. The minimum Gasteiger partial charge on any atom is -0.482 e. The molecule has 1 aliphatic heterocycles. The minimum atomic E-state index is -1.72. The molecule has 0 saturated carbocycles. The van der Waals surface area contributed by atoms with Crippen LogP contribution >= 0.6 is 58.0 Å². The molecule has 4 nitrogen and oxygen atoms in total. The van der Waals surface area contributed by atoms with Crippen molar-refractivity contribution in [2.45, 2.75) is 10.0 Å².